The molecule has 2 rings (SSSR count). The number of carbonyl (C=O) groups is 2. The van der Waals surface area contributed by atoms with Crippen molar-refractivity contribution in [2.24, 2.45) is 0 Å². The average Bonchev–Trinajstić information content (AvgIpc) is 2.54. The summed E-state index contributed by atoms with van der Waals surface area (Å²) < 4.78 is 25.9. The van der Waals surface area contributed by atoms with Crippen molar-refractivity contribution in [3.63, 3.8) is 0 Å². The van der Waals surface area contributed by atoms with Crippen LogP contribution in [0.3, 0.4) is 0 Å². The maximum absolute atomic E-state index is 12.5. The SMILES string of the molecule is CC(=O)Nc1cccc(NC(=O)CN(C)S(=O)(=O)c2ccc(Cl)cc2)c1. The molecule has 0 unspecified atom stereocenters. The number of benzene rings is 2. The van der Waals surface area contributed by atoms with E-state index < -0.39 is 15.9 Å². The zero-order valence-corrected chi connectivity index (χ0v) is 15.8. The highest BCUT2D eigenvalue weighted by atomic mass is 35.5. The highest BCUT2D eigenvalue weighted by Crippen LogP contribution is 2.18. The molecular weight excluding hydrogens is 378 g/mol. The van der Waals surface area contributed by atoms with Crippen LogP contribution in [0.1, 0.15) is 6.92 Å². The molecule has 0 bridgehead atoms. The largest absolute Gasteiger partial charge is 0.326 e. The Kier molecular flexibility index (Phi) is 6.36. The lowest BCUT2D eigenvalue weighted by molar-refractivity contribution is -0.116. The summed E-state index contributed by atoms with van der Waals surface area (Å²) in [4.78, 5) is 23.3. The monoisotopic (exact) mass is 395 g/mol. The third-order valence-electron chi connectivity index (χ3n) is 3.35. The molecule has 0 radical (unpaired) electrons. The van der Waals surface area contributed by atoms with Gasteiger partial charge in [-0.3, -0.25) is 9.59 Å². The summed E-state index contributed by atoms with van der Waals surface area (Å²) in [7, 11) is -2.49. The van der Waals surface area contributed by atoms with E-state index in [0.29, 0.717) is 16.4 Å². The highest BCUT2D eigenvalue weighted by molar-refractivity contribution is 7.89. The Hall–Kier alpha value is -2.42. The summed E-state index contributed by atoms with van der Waals surface area (Å²) in [6.07, 6.45) is 0. The standard InChI is InChI=1S/C17H18ClN3O4S/c1-12(22)19-14-4-3-5-15(10-14)20-17(23)11-21(2)26(24,25)16-8-6-13(18)7-9-16/h3-10H,11H2,1-2H3,(H,19,22)(H,20,23). The Bertz CT molecular complexity index is 914. The molecule has 138 valence electrons. The second-order valence-corrected chi connectivity index (χ2v) is 8.01. The molecule has 0 saturated carbocycles. The molecule has 2 amide bonds. The zero-order valence-electron chi connectivity index (χ0n) is 14.2. The number of amides is 2. The Labute approximate surface area is 157 Å². The van der Waals surface area contributed by atoms with Gasteiger partial charge >= 0.3 is 0 Å². The minimum Gasteiger partial charge on any atom is -0.326 e. The van der Waals surface area contributed by atoms with Crippen LogP contribution in [0, 0.1) is 0 Å². The molecule has 7 nitrogen and oxygen atoms in total. The lowest BCUT2D eigenvalue weighted by Gasteiger charge is -2.17. The minimum atomic E-state index is -3.81. The van der Waals surface area contributed by atoms with Crippen LogP contribution < -0.4 is 10.6 Å². The smallest absolute Gasteiger partial charge is 0.243 e. The molecule has 2 aromatic rings. The topological polar surface area (TPSA) is 95.6 Å². The molecule has 0 aliphatic carbocycles. The molecule has 0 aliphatic heterocycles. The van der Waals surface area contributed by atoms with Gasteiger partial charge in [0.2, 0.25) is 21.8 Å². The predicted molar refractivity (Wildman–Crippen MR) is 101 cm³/mol. The van der Waals surface area contributed by atoms with Gasteiger partial charge < -0.3 is 10.6 Å². The lowest BCUT2D eigenvalue weighted by Crippen LogP contribution is -2.34. The van der Waals surface area contributed by atoms with Crippen LogP contribution in [-0.2, 0) is 19.6 Å². The third-order valence-corrected chi connectivity index (χ3v) is 5.42. The van der Waals surface area contributed by atoms with Gasteiger partial charge in [0, 0.05) is 30.4 Å². The van der Waals surface area contributed by atoms with E-state index in [9.17, 15) is 18.0 Å². The van der Waals surface area contributed by atoms with Crippen LogP contribution in [-0.4, -0.2) is 38.1 Å². The van der Waals surface area contributed by atoms with E-state index >= 15 is 0 Å². The summed E-state index contributed by atoms with van der Waals surface area (Å²) in [6, 6.07) is 12.2. The first kappa shape index (κ1) is 19.9. The van der Waals surface area contributed by atoms with Crippen molar-refractivity contribution < 1.29 is 18.0 Å². The summed E-state index contributed by atoms with van der Waals surface area (Å²) >= 11 is 5.76. The van der Waals surface area contributed by atoms with Crippen LogP contribution in [0.15, 0.2) is 53.4 Å². The Morgan fingerprint density at radius 3 is 2.19 bits per heavy atom. The molecule has 0 saturated heterocycles. The second-order valence-electron chi connectivity index (χ2n) is 5.53. The van der Waals surface area contributed by atoms with Gasteiger partial charge in [-0.15, -0.1) is 0 Å². The predicted octanol–water partition coefficient (Wildman–Crippen LogP) is 2.56. The normalized spacial score (nSPS) is 11.2. The molecule has 2 aromatic carbocycles. The first-order chi connectivity index (χ1) is 12.2. The van der Waals surface area contributed by atoms with Crippen LogP contribution >= 0.6 is 11.6 Å². The molecule has 0 spiro atoms. The Morgan fingerprint density at radius 1 is 1.04 bits per heavy atom. The number of nitrogens with zero attached hydrogens (tertiary/aromatic N) is 1. The molecule has 0 aromatic heterocycles. The Morgan fingerprint density at radius 2 is 1.62 bits per heavy atom. The summed E-state index contributed by atoms with van der Waals surface area (Å²) in [6.45, 7) is 1.01. The van der Waals surface area contributed by atoms with Gasteiger partial charge in [-0.25, -0.2) is 8.42 Å². The van der Waals surface area contributed by atoms with Crippen LogP contribution in [0.4, 0.5) is 11.4 Å². The van der Waals surface area contributed by atoms with Gasteiger partial charge in [-0.05, 0) is 42.5 Å². The molecule has 2 N–H and O–H groups in total. The van der Waals surface area contributed by atoms with Gasteiger partial charge in [0.05, 0.1) is 11.4 Å². The molecule has 0 heterocycles. The summed E-state index contributed by atoms with van der Waals surface area (Å²) in [5.74, 6) is -0.743. The van der Waals surface area contributed by atoms with E-state index in [1.54, 1.807) is 24.3 Å². The zero-order chi connectivity index (χ0) is 19.3. The number of halogens is 1. The molecule has 9 heteroatoms. The van der Waals surface area contributed by atoms with E-state index in [0.717, 1.165) is 4.31 Å². The number of nitrogens with one attached hydrogen (secondary N) is 2. The Balaban J connectivity index is 2.05. The van der Waals surface area contributed by atoms with E-state index in [2.05, 4.69) is 10.6 Å². The number of sulfonamides is 1. The molecule has 0 atom stereocenters. The summed E-state index contributed by atoms with van der Waals surface area (Å²) in [5, 5.41) is 5.62. The van der Waals surface area contributed by atoms with E-state index in [1.807, 2.05) is 0 Å². The van der Waals surface area contributed by atoms with Crippen molar-refractivity contribution in [1.82, 2.24) is 4.31 Å². The molecule has 0 fully saturated rings. The van der Waals surface area contributed by atoms with Crippen molar-refractivity contribution in [1.29, 1.82) is 0 Å². The fourth-order valence-corrected chi connectivity index (χ4v) is 3.41. The third kappa shape index (κ3) is 5.29. The fraction of sp³-hybridized carbons (Fsp3) is 0.176. The van der Waals surface area contributed by atoms with E-state index in [1.165, 1.54) is 38.2 Å². The number of rotatable bonds is 6. The van der Waals surface area contributed by atoms with Gasteiger partial charge in [0.25, 0.3) is 0 Å². The quantitative estimate of drug-likeness (QED) is 0.785. The average molecular weight is 396 g/mol. The first-order valence-corrected chi connectivity index (χ1v) is 9.40. The van der Waals surface area contributed by atoms with Gasteiger partial charge in [0.15, 0.2) is 0 Å². The first-order valence-electron chi connectivity index (χ1n) is 7.58. The van der Waals surface area contributed by atoms with Crippen molar-refractivity contribution in [3.8, 4) is 0 Å². The van der Waals surface area contributed by atoms with Crippen molar-refractivity contribution in [2.45, 2.75) is 11.8 Å². The number of hydrogen-bond donors (Lipinski definition) is 2. The molecule has 0 aliphatic rings. The van der Waals surface area contributed by atoms with Crippen molar-refractivity contribution in [3.05, 3.63) is 53.6 Å². The highest BCUT2D eigenvalue weighted by Gasteiger charge is 2.22. The maximum Gasteiger partial charge on any atom is 0.243 e. The van der Waals surface area contributed by atoms with Gasteiger partial charge in [-0.2, -0.15) is 4.31 Å². The molecular formula is C17H18ClN3O4S. The van der Waals surface area contributed by atoms with Crippen LogP contribution in [0.25, 0.3) is 0 Å². The van der Waals surface area contributed by atoms with Gasteiger partial charge in [-0.1, -0.05) is 17.7 Å². The summed E-state index contributed by atoms with van der Waals surface area (Å²) in [5.41, 5.74) is 0.969. The molecule has 26 heavy (non-hydrogen) atoms. The van der Waals surface area contributed by atoms with E-state index in [4.69, 9.17) is 11.6 Å². The number of likely N-dealkylation sites (N-methyl/N-ethyl adjacent to an activating group) is 1. The van der Waals surface area contributed by atoms with E-state index in [-0.39, 0.29) is 17.3 Å². The number of hydrogen-bond acceptors (Lipinski definition) is 4. The van der Waals surface area contributed by atoms with Crippen molar-refractivity contribution >= 4 is 44.8 Å². The van der Waals surface area contributed by atoms with Crippen LogP contribution in [0.2, 0.25) is 5.02 Å². The number of anilines is 2. The maximum atomic E-state index is 12.5. The van der Waals surface area contributed by atoms with Gasteiger partial charge in [0.1, 0.15) is 0 Å². The fourth-order valence-electron chi connectivity index (χ4n) is 2.15. The minimum absolute atomic E-state index is 0.0462. The second kappa shape index (κ2) is 8.31. The van der Waals surface area contributed by atoms with Crippen LogP contribution in [0.5, 0.6) is 0 Å². The van der Waals surface area contributed by atoms with Crippen molar-refractivity contribution in [2.75, 3.05) is 24.2 Å². The lowest BCUT2D eigenvalue weighted by atomic mass is 10.2. The number of carbonyl (C=O) groups excluding carboxylic acids is 2.